The Labute approximate surface area is 216 Å². The minimum atomic E-state index is -4.96. The molecular weight excluding hydrogens is 542 g/mol. The van der Waals surface area contributed by atoms with Crippen molar-refractivity contribution in [3.8, 4) is 0 Å². The van der Waals surface area contributed by atoms with E-state index in [1.165, 1.54) is 18.2 Å². The van der Waals surface area contributed by atoms with Gasteiger partial charge in [-0.05, 0) is 23.6 Å². The lowest BCUT2D eigenvalue weighted by molar-refractivity contribution is -0.207. The second kappa shape index (κ2) is 10.4. The molecule has 4 rings (SSSR count). The number of aromatic amines is 1. The Morgan fingerprint density at radius 2 is 1.95 bits per heavy atom. The largest absolute Gasteiger partial charge is 0.416 e. The Balaban J connectivity index is 1.60. The Kier molecular flexibility index (Phi) is 7.57. The van der Waals surface area contributed by atoms with Crippen LogP contribution in [0.1, 0.15) is 41.4 Å². The van der Waals surface area contributed by atoms with E-state index < -0.39 is 42.2 Å². The molecule has 0 radical (unpaired) electrons. The summed E-state index contributed by atoms with van der Waals surface area (Å²) >= 11 is 6.00. The highest BCUT2D eigenvalue weighted by Crippen LogP contribution is 2.32. The van der Waals surface area contributed by atoms with E-state index in [1.54, 1.807) is 19.1 Å². The summed E-state index contributed by atoms with van der Waals surface area (Å²) in [6.07, 6.45) is -7.50. The number of rotatable bonds is 7. The molecule has 0 saturated carbocycles. The van der Waals surface area contributed by atoms with Crippen molar-refractivity contribution < 1.29 is 31.4 Å². The maximum absolute atomic E-state index is 13.1. The zero-order valence-corrected chi connectivity index (χ0v) is 20.4. The van der Waals surface area contributed by atoms with Crippen molar-refractivity contribution in [3.63, 3.8) is 0 Å². The molecule has 0 bridgehead atoms. The lowest BCUT2D eigenvalue weighted by Gasteiger charge is -2.22. The van der Waals surface area contributed by atoms with Gasteiger partial charge in [0.2, 0.25) is 0 Å². The molecule has 0 amide bonds. The summed E-state index contributed by atoms with van der Waals surface area (Å²) in [7, 11) is 0. The van der Waals surface area contributed by atoms with Crippen molar-refractivity contribution in [3.05, 3.63) is 86.6 Å². The summed E-state index contributed by atoms with van der Waals surface area (Å²) in [5.41, 5.74) is -1.43. The first-order chi connectivity index (χ1) is 17.7. The highest BCUT2D eigenvalue weighted by Gasteiger charge is 2.40. The number of allylic oxidation sites excluding steroid dienone is 4. The van der Waals surface area contributed by atoms with Gasteiger partial charge in [0.05, 0.1) is 12.1 Å². The normalized spacial score (nSPS) is 19.0. The zero-order chi connectivity index (χ0) is 27.8. The minimum absolute atomic E-state index is 0.00817. The number of halogens is 7. The molecule has 0 spiro atoms. The van der Waals surface area contributed by atoms with Crippen LogP contribution in [-0.4, -0.2) is 46.9 Å². The molecule has 2 heterocycles. The fourth-order valence-corrected chi connectivity index (χ4v) is 4.30. The Morgan fingerprint density at radius 1 is 1.21 bits per heavy atom. The van der Waals surface area contributed by atoms with Crippen molar-refractivity contribution in [1.29, 1.82) is 0 Å². The standard InChI is InChI=1S/C23H21ClF6N6O2/c1-12-7-15(24)5-6-16(12)20-34-36(21(38)35(20)10-17(37)23(28,29)30)11-19-31-18(32-33-19)9-13-3-2-4-14(8-13)22(25,26)27/h2-8,12,16-17,37H,9-11H2,1H3,(H,31,32,33). The number of aliphatic hydroxyl groups excluding tert-OH is 1. The molecule has 204 valence electrons. The van der Waals surface area contributed by atoms with Gasteiger partial charge in [-0.2, -0.15) is 36.5 Å². The zero-order valence-electron chi connectivity index (χ0n) is 19.6. The van der Waals surface area contributed by atoms with Crippen LogP contribution in [0.15, 0.2) is 52.3 Å². The molecule has 15 heteroatoms. The van der Waals surface area contributed by atoms with Gasteiger partial charge in [0.25, 0.3) is 0 Å². The Bertz CT molecular complexity index is 1420. The van der Waals surface area contributed by atoms with Gasteiger partial charge in [-0.3, -0.25) is 9.67 Å². The van der Waals surface area contributed by atoms with E-state index in [4.69, 9.17) is 11.6 Å². The smallest absolute Gasteiger partial charge is 0.382 e. The van der Waals surface area contributed by atoms with Gasteiger partial charge >= 0.3 is 18.0 Å². The fraction of sp³-hybridized carbons (Fsp3) is 0.391. The number of benzene rings is 1. The van der Waals surface area contributed by atoms with E-state index in [2.05, 4.69) is 20.3 Å². The van der Waals surface area contributed by atoms with Gasteiger partial charge in [-0.25, -0.2) is 14.5 Å². The second-order valence-electron chi connectivity index (χ2n) is 8.84. The van der Waals surface area contributed by atoms with Gasteiger partial charge in [0.1, 0.15) is 18.2 Å². The van der Waals surface area contributed by atoms with Crippen LogP contribution >= 0.6 is 11.6 Å². The molecule has 38 heavy (non-hydrogen) atoms. The molecule has 0 saturated heterocycles. The number of aliphatic hydroxyl groups is 1. The van der Waals surface area contributed by atoms with Crippen molar-refractivity contribution in [2.45, 2.75) is 50.8 Å². The molecule has 3 unspecified atom stereocenters. The predicted octanol–water partition coefficient (Wildman–Crippen LogP) is 4.16. The molecule has 3 atom stereocenters. The third-order valence-corrected chi connectivity index (χ3v) is 6.18. The quantitative estimate of drug-likeness (QED) is 0.421. The molecule has 8 nitrogen and oxygen atoms in total. The first kappa shape index (κ1) is 27.6. The average molecular weight is 563 g/mol. The molecule has 1 aliphatic carbocycles. The SMILES string of the molecule is CC1C=C(Cl)C=CC1c1nn(Cc2nc(Cc3cccc(C(F)(F)F)c3)n[nH]2)c(=O)n1CC(O)C(F)(F)F. The van der Waals surface area contributed by atoms with E-state index in [-0.39, 0.29) is 36.4 Å². The van der Waals surface area contributed by atoms with Crippen LogP contribution in [-0.2, 0) is 25.7 Å². The van der Waals surface area contributed by atoms with Gasteiger partial charge < -0.3 is 5.11 Å². The van der Waals surface area contributed by atoms with Gasteiger partial charge in [0.15, 0.2) is 11.9 Å². The van der Waals surface area contributed by atoms with Gasteiger partial charge in [0, 0.05) is 17.4 Å². The van der Waals surface area contributed by atoms with E-state index >= 15 is 0 Å². The van der Waals surface area contributed by atoms with Crippen LogP contribution in [0, 0.1) is 5.92 Å². The lowest BCUT2D eigenvalue weighted by Crippen LogP contribution is -2.38. The van der Waals surface area contributed by atoms with Crippen LogP contribution in [0.5, 0.6) is 0 Å². The summed E-state index contributed by atoms with van der Waals surface area (Å²) in [6, 6.07) is 4.65. The van der Waals surface area contributed by atoms with Gasteiger partial charge in [-0.15, -0.1) is 0 Å². The van der Waals surface area contributed by atoms with E-state index in [1.807, 2.05) is 0 Å². The summed E-state index contributed by atoms with van der Waals surface area (Å²) in [5, 5.41) is 20.8. The Hall–Kier alpha value is -3.39. The number of hydrogen-bond donors (Lipinski definition) is 2. The van der Waals surface area contributed by atoms with Crippen molar-refractivity contribution in [1.82, 2.24) is 29.5 Å². The summed E-state index contributed by atoms with van der Waals surface area (Å²) in [6.45, 7) is 0.377. The predicted molar refractivity (Wildman–Crippen MR) is 123 cm³/mol. The molecule has 2 aromatic heterocycles. The molecule has 2 N–H and O–H groups in total. The molecular formula is C23H21ClF6N6O2. The van der Waals surface area contributed by atoms with Crippen LogP contribution < -0.4 is 5.69 Å². The number of nitrogens with one attached hydrogen (secondary N) is 1. The Morgan fingerprint density at radius 3 is 2.61 bits per heavy atom. The fourth-order valence-electron chi connectivity index (χ4n) is 4.02. The van der Waals surface area contributed by atoms with Crippen LogP contribution in [0.4, 0.5) is 26.3 Å². The summed E-state index contributed by atoms with van der Waals surface area (Å²) in [4.78, 5) is 17.2. The lowest BCUT2D eigenvalue weighted by atomic mass is 9.89. The number of alkyl halides is 6. The van der Waals surface area contributed by atoms with Crippen molar-refractivity contribution >= 4 is 11.6 Å². The summed E-state index contributed by atoms with van der Waals surface area (Å²) < 4.78 is 79.8. The van der Waals surface area contributed by atoms with Gasteiger partial charge in [-0.1, -0.05) is 48.9 Å². The highest BCUT2D eigenvalue weighted by molar-refractivity contribution is 6.31. The second-order valence-corrected chi connectivity index (χ2v) is 9.27. The van der Waals surface area contributed by atoms with Crippen LogP contribution in [0.3, 0.4) is 0 Å². The number of aromatic nitrogens is 6. The number of H-pyrrole nitrogens is 1. The number of nitrogens with zero attached hydrogens (tertiary/aromatic N) is 5. The average Bonchev–Trinajstić information content (AvgIpc) is 3.37. The topological polar surface area (TPSA) is 102 Å². The van der Waals surface area contributed by atoms with Crippen molar-refractivity contribution in [2.24, 2.45) is 5.92 Å². The van der Waals surface area contributed by atoms with E-state index in [0.29, 0.717) is 10.6 Å². The van der Waals surface area contributed by atoms with E-state index in [9.17, 15) is 36.2 Å². The first-order valence-electron chi connectivity index (χ1n) is 11.3. The summed E-state index contributed by atoms with van der Waals surface area (Å²) in [5.74, 6) is -0.668. The monoisotopic (exact) mass is 562 g/mol. The molecule has 0 aliphatic heterocycles. The third kappa shape index (κ3) is 6.18. The molecule has 1 aromatic carbocycles. The molecule has 1 aliphatic rings. The minimum Gasteiger partial charge on any atom is -0.382 e. The van der Waals surface area contributed by atoms with Crippen LogP contribution in [0.2, 0.25) is 0 Å². The molecule has 3 aromatic rings. The molecule has 0 fully saturated rings. The number of hydrogen-bond acceptors (Lipinski definition) is 5. The maximum Gasteiger partial charge on any atom is 0.416 e. The third-order valence-electron chi connectivity index (χ3n) is 5.93. The van der Waals surface area contributed by atoms with E-state index in [0.717, 1.165) is 21.4 Å². The van der Waals surface area contributed by atoms with Crippen molar-refractivity contribution in [2.75, 3.05) is 0 Å². The van der Waals surface area contributed by atoms with Crippen LogP contribution in [0.25, 0.3) is 0 Å². The first-order valence-corrected chi connectivity index (χ1v) is 11.6. The maximum atomic E-state index is 13.1. The highest BCUT2D eigenvalue weighted by atomic mass is 35.5.